The van der Waals surface area contributed by atoms with Gasteiger partial charge in [0.1, 0.15) is 12.1 Å². The fourth-order valence-electron chi connectivity index (χ4n) is 1.87. The fraction of sp³-hybridized carbons (Fsp3) is 0.231. The molecular formula is C13H14ClN3O4. The largest absolute Gasteiger partial charge is 0.481 e. The van der Waals surface area contributed by atoms with Crippen LogP contribution in [0.1, 0.15) is 23.2 Å². The first-order valence-electron chi connectivity index (χ1n) is 6.02. The minimum Gasteiger partial charge on any atom is -0.481 e. The number of fused-ring (bicyclic) bond motifs is 1. The Morgan fingerprint density at radius 1 is 1.19 bits per heavy atom. The molecule has 0 amide bonds. The lowest BCUT2D eigenvalue weighted by atomic mass is 10.1. The van der Waals surface area contributed by atoms with Crippen LogP contribution in [0.15, 0.2) is 24.5 Å². The Morgan fingerprint density at radius 2 is 1.95 bits per heavy atom. The minimum atomic E-state index is -1.06. The summed E-state index contributed by atoms with van der Waals surface area (Å²) in [5.74, 6) is -1.53. The van der Waals surface area contributed by atoms with E-state index in [1.54, 1.807) is 12.1 Å². The van der Waals surface area contributed by atoms with Gasteiger partial charge in [0.15, 0.2) is 0 Å². The number of rotatable bonds is 6. The van der Waals surface area contributed by atoms with Gasteiger partial charge in [0.05, 0.1) is 16.5 Å². The predicted molar refractivity (Wildman–Crippen MR) is 79.1 cm³/mol. The predicted octanol–water partition coefficient (Wildman–Crippen LogP) is 2.03. The molecule has 2 aromatic rings. The molecule has 0 saturated heterocycles. The second-order valence-electron chi connectivity index (χ2n) is 4.15. The zero-order valence-corrected chi connectivity index (χ0v) is 11.8. The van der Waals surface area contributed by atoms with Crippen LogP contribution in [0, 0.1) is 0 Å². The third kappa shape index (κ3) is 4.03. The van der Waals surface area contributed by atoms with E-state index in [0.717, 1.165) is 0 Å². The molecule has 0 aliphatic heterocycles. The average molecular weight is 312 g/mol. The number of anilines is 1. The number of carboxylic acids is 2. The number of hydrogen-bond donors (Lipinski definition) is 3. The molecule has 0 aliphatic carbocycles. The number of nitrogens with zero attached hydrogens (tertiary/aromatic N) is 2. The Labute approximate surface area is 126 Å². The SMILES string of the molecule is Cl.O=C(O)CCCNc1ncnc2cccc(C(=O)O)c12. The van der Waals surface area contributed by atoms with Crippen molar-refractivity contribution in [1.82, 2.24) is 9.97 Å². The standard InChI is InChI=1S/C13H13N3O4.ClH/c17-10(18)5-2-6-14-12-11-8(13(19)20)3-1-4-9(11)15-7-16-12;/h1,3-4,7H,2,5-6H2,(H,17,18)(H,19,20)(H,14,15,16);1H. The zero-order valence-electron chi connectivity index (χ0n) is 10.9. The van der Waals surface area contributed by atoms with Crippen LogP contribution in [0.2, 0.25) is 0 Å². The van der Waals surface area contributed by atoms with Crippen LogP contribution in [-0.2, 0) is 4.79 Å². The molecule has 2 rings (SSSR count). The molecule has 0 saturated carbocycles. The van der Waals surface area contributed by atoms with Gasteiger partial charge >= 0.3 is 11.9 Å². The van der Waals surface area contributed by atoms with E-state index in [4.69, 9.17) is 5.11 Å². The number of aliphatic carboxylic acids is 1. The zero-order chi connectivity index (χ0) is 14.5. The number of aromatic nitrogens is 2. The van der Waals surface area contributed by atoms with Crippen molar-refractivity contribution in [3.05, 3.63) is 30.1 Å². The lowest BCUT2D eigenvalue weighted by Crippen LogP contribution is -2.08. The molecule has 0 spiro atoms. The average Bonchev–Trinajstić information content (AvgIpc) is 2.42. The van der Waals surface area contributed by atoms with Gasteiger partial charge in [-0.3, -0.25) is 4.79 Å². The number of hydrogen-bond acceptors (Lipinski definition) is 5. The molecule has 1 heterocycles. The number of aromatic carboxylic acids is 1. The number of carboxylic acid groups (broad SMARTS) is 2. The Bertz CT molecular complexity index is 658. The highest BCUT2D eigenvalue weighted by molar-refractivity contribution is 6.06. The highest BCUT2D eigenvalue weighted by Crippen LogP contribution is 2.23. The van der Waals surface area contributed by atoms with E-state index in [2.05, 4.69) is 15.3 Å². The minimum absolute atomic E-state index is 0. The number of benzene rings is 1. The van der Waals surface area contributed by atoms with Gasteiger partial charge in [-0.05, 0) is 18.6 Å². The van der Waals surface area contributed by atoms with Crippen molar-refractivity contribution >= 4 is 41.1 Å². The molecule has 1 aromatic carbocycles. The molecule has 7 nitrogen and oxygen atoms in total. The maximum absolute atomic E-state index is 11.2. The van der Waals surface area contributed by atoms with Crippen molar-refractivity contribution in [1.29, 1.82) is 0 Å². The normalized spacial score (nSPS) is 9.90. The molecule has 1 aromatic heterocycles. The Balaban J connectivity index is 0.00000220. The van der Waals surface area contributed by atoms with Gasteiger partial charge in [0.25, 0.3) is 0 Å². The van der Waals surface area contributed by atoms with Crippen molar-refractivity contribution in [3.8, 4) is 0 Å². The van der Waals surface area contributed by atoms with Crippen molar-refractivity contribution in [2.45, 2.75) is 12.8 Å². The first kappa shape index (κ1) is 16.6. The third-order valence-corrected chi connectivity index (χ3v) is 2.75. The fourth-order valence-corrected chi connectivity index (χ4v) is 1.87. The quantitative estimate of drug-likeness (QED) is 0.699. The molecule has 21 heavy (non-hydrogen) atoms. The summed E-state index contributed by atoms with van der Waals surface area (Å²) in [6.45, 7) is 0.395. The maximum atomic E-state index is 11.2. The van der Waals surface area contributed by atoms with E-state index in [0.29, 0.717) is 29.7 Å². The summed E-state index contributed by atoms with van der Waals surface area (Å²) in [6, 6.07) is 4.80. The van der Waals surface area contributed by atoms with Crippen LogP contribution < -0.4 is 5.32 Å². The third-order valence-electron chi connectivity index (χ3n) is 2.75. The van der Waals surface area contributed by atoms with E-state index in [9.17, 15) is 14.7 Å². The topological polar surface area (TPSA) is 112 Å². The van der Waals surface area contributed by atoms with Crippen LogP contribution in [0.4, 0.5) is 5.82 Å². The van der Waals surface area contributed by atoms with Crippen LogP contribution in [0.25, 0.3) is 10.9 Å². The molecule has 0 radical (unpaired) electrons. The van der Waals surface area contributed by atoms with E-state index in [-0.39, 0.29) is 24.4 Å². The van der Waals surface area contributed by atoms with Crippen molar-refractivity contribution in [2.24, 2.45) is 0 Å². The molecule has 8 heteroatoms. The summed E-state index contributed by atoms with van der Waals surface area (Å²) >= 11 is 0. The summed E-state index contributed by atoms with van der Waals surface area (Å²) < 4.78 is 0. The Hall–Kier alpha value is -2.41. The maximum Gasteiger partial charge on any atom is 0.336 e. The van der Waals surface area contributed by atoms with Gasteiger partial charge in [0.2, 0.25) is 0 Å². The number of nitrogens with one attached hydrogen (secondary N) is 1. The summed E-state index contributed by atoms with van der Waals surface area (Å²) in [6.07, 6.45) is 1.81. The smallest absolute Gasteiger partial charge is 0.336 e. The van der Waals surface area contributed by atoms with E-state index in [1.165, 1.54) is 12.4 Å². The Morgan fingerprint density at radius 3 is 2.62 bits per heavy atom. The summed E-state index contributed by atoms with van der Waals surface area (Å²) in [5.41, 5.74) is 0.643. The molecule has 0 bridgehead atoms. The molecule has 0 unspecified atom stereocenters. The Kier molecular flexibility index (Phi) is 5.86. The van der Waals surface area contributed by atoms with E-state index in [1.807, 2.05) is 0 Å². The summed E-state index contributed by atoms with van der Waals surface area (Å²) in [5, 5.41) is 21.1. The van der Waals surface area contributed by atoms with Gasteiger partial charge < -0.3 is 15.5 Å². The van der Waals surface area contributed by atoms with E-state index < -0.39 is 11.9 Å². The van der Waals surface area contributed by atoms with Gasteiger partial charge in [-0.1, -0.05) is 6.07 Å². The first-order chi connectivity index (χ1) is 9.59. The number of halogens is 1. The molecule has 0 fully saturated rings. The molecule has 3 N–H and O–H groups in total. The molecule has 0 aliphatic rings. The summed E-state index contributed by atoms with van der Waals surface area (Å²) in [4.78, 5) is 29.7. The van der Waals surface area contributed by atoms with Gasteiger partial charge in [0, 0.05) is 13.0 Å². The highest BCUT2D eigenvalue weighted by atomic mass is 35.5. The second-order valence-corrected chi connectivity index (χ2v) is 4.15. The van der Waals surface area contributed by atoms with Crippen LogP contribution >= 0.6 is 12.4 Å². The van der Waals surface area contributed by atoms with Crippen molar-refractivity contribution < 1.29 is 19.8 Å². The van der Waals surface area contributed by atoms with Crippen molar-refractivity contribution in [3.63, 3.8) is 0 Å². The van der Waals surface area contributed by atoms with Gasteiger partial charge in [-0.2, -0.15) is 0 Å². The highest BCUT2D eigenvalue weighted by Gasteiger charge is 2.13. The van der Waals surface area contributed by atoms with Crippen LogP contribution in [0.3, 0.4) is 0 Å². The first-order valence-corrected chi connectivity index (χ1v) is 6.02. The van der Waals surface area contributed by atoms with Crippen molar-refractivity contribution in [2.75, 3.05) is 11.9 Å². The van der Waals surface area contributed by atoms with Crippen LogP contribution in [-0.4, -0.2) is 38.7 Å². The second kappa shape index (κ2) is 7.39. The lowest BCUT2D eigenvalue weighted by Gasteiger charge is -2.09. The van der Waals surface area contributed by atoms with Crippen LogP contribution in [0.5, 0.6) is 0 Å². The summed E-state index contributed by atoms with van der Waals surface area (Å²) in [7, 11) is 0. The number of carbonyl (C=O) groups is 2. The van der Waals surface area contributed by atoms with Gasteiger partial charge in [-0.15, -0.1) is 12.4 Å². The molecular weight excluding hydrogens is 298 g/mol. The van der Waals surface area contributed by atoms with E-state index >= 15 is 0 Å². The monoisotopic (exact) mass is 311 g/mol. The lowest BCUT2D eigenvalue weighted by molar-refractivity contribution is -0.137. The molecule has 0 atom stereocenters. The molecule has 112 valence electrons. The van der Waals surface area contributed by atoms with Gasteiger partial charge in [-0.25, -0.2) is 14.8 Å².